The van der Waals surface area contributed by atoms with Gasteiger partial charge in [0.1, 0.15) is 0 Å². The first-order valence-corrected chi connectivity index (χ1v) is 5.80. The van der Waals surface area contributed by atoms with Crippen molar-refractivity contribution in [3.8, 4) is 0 Å². The number of hydrogen-bond acceptors (Lipinski definition) is 3. The summed E-state index contributed by atoms with van der Waals surface area (Å²) in [6.07, 6.45) is 2.41. The Labute approximate surface area is 99.6 Å². The van der Waals surface area contributed by atoms with E-state index in [1.165, 1.54) is 12.3 Å². The summed E-state index contributed by atoms with van der Waals surface area (Å²) in [5.74, 6) is 0.355. The van der Waals surface area contributed by atoms with Crippen LogP contribution >= 0.6 is 0 Å². The van der Waals surface area contributed by atoms with E-state index < -0.39 is 0 Å². The van der Waals surface area contributed by atoms with Crippen molar-refractivity contribution in [2.24, 2.45) is 11.7 Å². The molecule has 2 unspecified atom stereocenters. The maximum atomic E-state index is 12.2. The summed E-state index contributed by atoms with van der Waals surface area (Å²) in [5, 5.41) is 0. The molecular formula is C12H17N3O2. The molecule has 1 saturated heterocycles. The van der Waals surface area contributed by atoms with E-state index in [1.807, 2.05) is 0 Å². The highest BCUT2D eigenvalue weighted by Crippen LogP contribution is 2.16. The van der Waals surface area contributed by atoms with Gasteiger partial charge in [0.2, 0.25) is 5.56 Å². The number of nitrogens with zero attached hydrogens (tertiary/aromatic N) is 1. The predicted molar refractivity (Wildman–Crippen MR) is 64.7 cm³/mol. The summed E-state index contributed by atoms with van der Waals surface area (Å²) in [6.45, 7) is 3.40. The second kappa shape index (κ2) is 4.71. The minimum atomic E-state index is -0.203. The SMILES string of the molecule is CC1CC(N)CN(C(=O)c2ccc(=O)[nH]c2)C1. The lowest BCUT2D eigenvalue weighted by molar-refractivity contribution is 0.0660. The molecule has 92 valence electrons. The molecule has 1 aromatic heterocycles. The summed E-state index contributed by atoms with van der Waals surface area (Å²) in [6, 6.07) is 2.96. The van der Waals surface area contributed by atoms with Crippen LogP contribution in [0.3, 0.4) is 0 Å². The lowest BCUT2D eigenvalue weighted by Crippen LogP contribution is -2.48. The molecule has 0 saturated carbocycles. The molecule has 17 heavy (non-hydrogen) atoms. The predicted octanol–water partition coefficient (Wildman–Crippen LogP) is 0.184. The summed E-state index contributed by atoms with van der Waals surface area (Å²) in [4.78, 5) is 27.3. The number of aromatic nitrogens is 1. The van der Waals surface area contributed by atoms with Gasteiger partial charge >= 0.3 is 0 Å². The molecule has 2 rings (SSSR count). The number of piperidine rings is 1. The molecule has 5 nitrogen and oxygen atoms in total. The van der Waals surface area contributed by atoms with Crippen molar-refractivity contribution < 1.29 is 4.79 Å². The Bertz CT molecular complexity index is 439. The Hall–Kier alpha value is -1.62. The second-order valence-corrected chi connectivity index (χ2v) is 4.75. The summed E-state index contributed by atoms with van der Waals surface area (Å²) in [7, 11) is 0. The average molecular weight is 235 g/mol. The van der Waals surface area contributed by atoms with Crippen molar-refractivity contribution in [3.63, 3.8) is 0 Å². The van der Waals surface area contributed by atoms with Crippen LogP contribution in [0.4, 0.5) is 0 Å². The molecule has 2 heterocycles. The van der Waals surface area contributed by atoms with E-state index in [0.29, 0.717) is 18.0 Å². The number of nitrogens with two attached hydrogens (primary N) is 1. The van der Waals surface area contributed by atoms with Gasteiger partial charge in [-0.2, -0.15) is 0 Å². The molecule has 0 bridgehead atoms. The van der Waals surface area contributed by atoms with Gasteiger partial charge in [-0.1, -0.05) is 6.92 Å². The van der Waals surface area contributed by atoms with E-state index in [0.717, 1.165) is 13.0 Å². The van der Waals surface area contributed by atoms with Crippen LogP contribution in [-0.2, 0) is 0 Å². The third-order valence-corrected chi connectivity index (χ3v) is 3.01. The van der Waals surface area contributed by atoms with Crippen LogP contribution in [-0.4, -0.2) is 34.9 Å². The number of H-pyrrole nitrogens is 1. The third-order valence-electron chi connectivity index (χ3n) is 3.01. The molecular weight excluding hydrogens is 218 g/mol. The number of aromatic amines is 1. The molecule has 5 heteroatoms. The van der Waals surface area contributed by atoms with Crippen molar-refractivity contribution >= 4 is 5.91 Å². The topological polar surface area (TPSA) is 79.2 Å². The van der Waals surface area contributed by atoms with Crippen LogP contribution in [0.2, 0.25) is 0 Å². The maximum Gasteiger partial charge on any atom is 0.255 e. The quantitative estimate of drug-likeness (QED) is 0.729. The van der Waals surface area contributed by atoms with Crippen molar-refractivity contribution in [2.75, 3.05) is 13.1 Å². The molecule has 1 amide bonds. The lowest BCUT2D eigenvalue weighted by atomic mass is 9.96. The van der Waals surface area contributed by atoms with Gasteiger partial charge in [-0.3, -0.25) is 9.59 Å². The fourth-order valence-corrected chi connectivity index (χ4v) is 2.29. The minimum absolute atomic E-state index is 0.0467. The van der Waals surface area contributed by atoms with Crippen LogP contribution < -0.4 is 11.3 Å². The van der Waals surface area contributed by atoms with Crippen LogP contribution in [0.5, 0.6) is 0 Å². The number of carbonyl (C=O) groups excluding carboxylic acids is 1. The number of hydrogen-bond donors (Lipinski definition) is 2. The monoisotopic (exact) mass is 235 g/mol. The molecule has 1 aromatic rings. The molecule has 0 aromatic carbocycles. The standard InChI is InChI=1S/C12H17N3O2/c1-8-4-10(13)7-15(6-8)12(17)9-2-3-11(16)14-5-9/h2-3,5,8,10H,4,6-7,13H2,1H3,(H,14,16). The fraction of sp³-hybridized carbons (Fsp3) is 0.500. The highest BCUT2D eigenvalue weighted by Gasteiger charge is 2.26. The molecule has 0 aliphatic carbocycles. The number of likely N-dealkylation sites (tertiary alicyclic amines) is 1. The van der Waals surface area contributed by atoms with Gasteiger partial charge in [-0.25, -0.2) is 0 Å². The molecule has 3 N–H and O–H groups in total. The third kappa shape index (κ3) is 2.74. The zero-order valence-corrected chi connectivity index (χ0v) is 9.85. The Morgan fingerprint density at radius 1 is 1.47 bits per heavy atom. The largest absolute Gasteiger partial charge is 0.337 e. The highest BCUT2D eigenvalue weighted by molar-refractivity contribution is 5.93. The first-order chi connectivity index (χ1) is 8.06. The Morgan fingerprint density at radius 2 is 2.24 bits per heavy atom. The zero-order chi connectivity index (χ0) is 12.4. The zero-order valence-electron chi connectivity index (χ0n) is 9.85. The maximum absolute atomic E-state index is 12.2. The van der Waals surface area contributed by atoms with Gasteiger partial charge < -0.3 is 15.6 Å². The number of pyridine rings is 1. The van der Waals surface area contributed by atoms with Crippen LogP contribution in [0, 0.1) is 5.92 Å². The molecule has 2 atom stereocenters. The molecule has 0 spiro atoms. The number of carbonyl (C=O) groups is 1. The lowest BCUT2D eigenvalue weighted by Gasteiger charge is -2.34. The summed E-state index contributed by atoms with van der Waals surface area (Å²) in [5.41, 5.74) is 6.21. The number of nitrogens with one attached hydrogen (secondary N) is 1. The summed E-state index contributed by atoms with van der Waals surface area (Å²) < 4.78 is 0. The number of rotatable bonds is 1. The minimum Gasteiger partial charge on any atom is -0.337 e. The second-order valence-electron chi connectivity index (χ2n) is 4.75. The van der Waals surface area contributed by atoms with Gasteiger partial charge in [0.05, 0.1) is 5.56 Å². The molecule has 1 aliphatic heterocycles. The normalized spacial score (nSPS) is 24.7. The van der Waals surface area contributed by atoms with Gasteiger partial charge in [0.15, 0.2) is 0 Å². The Kier molecular flexibility index (Phi) is 3.28. The first kappa shape index (κ1) is 11.9. The van der Waals surface area contributed by atoms with E-state index in [-0.39, 0.29) is 17.5 Å². The highest BCUT2D eigenvalue weighted by atomic mass is 16.2. The molecule has 1 aliphatic rings. The van der Waals surface area contributed by atoms with Crippen molar-refractivity contribution in [3.05, 3.63) is 34.2 Å². The fourth-order valence-electron chi connectivity index (χ4n) is 2.29. The van der Waals surface area contributed by atoms with E-state index in [9.17, 15) is 9.59 Å². The average Bonchev–Trinajstić information content (AvgIpc) is 2.28. The smallest absolute Gasteiger partial charge is 0.255 e. The Morgan fingerprint density at radius 3 is 2.82 bits per heavy atom. The first-order valence-electron chi connectivity index (χ1n) is 5.80. The van der Waals surface area contributed by atoms with E-state index in [2.05, 4.69) is 11.9 Å². The van der Waals surface area contributed by atoms with Crippen molar-refractivity contribution in [1.82, 2.24) is 9.88 Å². The van der Waals surface area contributed by atoms with Crippen LogP contribution in [0.1, 0.15) is 23.7 Å². The van der Waals surface area contributed by atoms with Crippen molar-refractivity contribution in [2.45, 2.75) is 19.4 Å². The van der Waals surface area contributed by atoms with Gasteiger partial charge in [0.25, 0.3) is 5.91 Å². The van der Waals surface area contributed by atoms with E-state index in [1.54, 1.807) is 11.0 Å². The summed E-state index contributed by atoms with van der Waals surface area (Å²) >= 11 is 0. The van der Waals surface area contributed by atoms with Crippen LogP contribution in [0.25, 0.3) is 0 Å². The van der Waals surface area contributed by atoms with E-state index >= 15 is 0 Å². The van der Waals surface area contributed by atoms with E-state index in [4.69, 9.17) is 5.73 Å². The molecule has 0 radical (unpaired) electrons. The van der Waals surface area contributed by atoms with Gasteiger partial charge in [0, 0.05) is 31.4 Å². The van der Waals surface area contributed by atoms with Gasteiger partial charge in [-0.15, -0.1) is 0 Å². The number of amides is 1. The molecule has 1 fully saturated rings. The van der Waals surface area contributed by atoms with Crippen molar-refractivity contribution in [1.29, 1.82) is 0 Å². The van der Waals surface area contributed by atoms with Gasteiger partial charge in [-0.05, 0) is 18.4 Å². The van der Waals surface area contributed by atoms with Crippen LogP contribution in [0.15, 0.2) is 23.1 Å². The Balaban J connectivity index is 2.14.